The van der Waals surface area contributed by atoms with Crippen molar-refractivity contribution in [3.63, 3.8) is 0 Å². The molecule has 5 nitrogen and oxygen atoms in total. The minimum absolute atomic E-state index is 0. The van der Waals surface area contributed by atoms with Crippen LogP contribution in [0.4, 0.5) is 0 Å². The molecule has 0 spiro atoms. The second kappa shape index (κ2) is 11.4. The number of hydrogen-bond donors (Lipinski definition) is 2. The second-order valence-electron chi connectivity index (χ2n) is 7.36. The summed E-state index contributed by atoms with van der Waals surface area (Å²) in [6, 6.07) is 0. The molecule has 1 aliphatic heterocycles. The monoisotopic (exact) mass is 422 g/mol. The van der Waals surface area contributed by atoms with Gasteiger partial charge in [-0.1, -0.05) is 6.42 Å². The van der Waals surface area contributed by atoms with Gasteiger partial charge in [-0.05, 0) is 64.1 Å². The Morgan fingerprint density at radius 3 is 2.65 bits per heavy atom. The molecule has 1 aliphatic carbocycles. The molecule has 1 saturated heterocycles. The molecule has 2 fully saturated rings. The van der Waals surface area contributed by atoms with Crippen molar-refractivity contribution < 1.29 is 4.79 Å². The molecule has 8 heteroatoms. The van der Waals surface area contributed by atoms with Crippen LogP contribution in [-0.2, 0) is 11.3 Å². The van der Waals surface area contributed by atoms with Crippen molar-refractivity contribution in [1.29, 1.82) is 0 Å². The van der Waals surface area contributed by atoms with Crippen molar-refractivity contribution in [2.45, 2.75) is 45.6 Å². The number of aromatic nitrogens is 1. The van der Waals surface area contributed by atoms with Gasteiger partial charge < -0.3 is 11.1 Å². The Morgan fingerprint density at radius 1 is 1.31 bits per heavy atom. The highest BCUT2D eigenvalue weighted by molar-refractivity contribution is 7.09. The number of aryl methyl sites for hydroxylation is 1. The summed E-state index contributed by atoms with van der Waals surface area (Å²) >= 11 is 1.72. The molecular weight excluding hydrogens is 391 g/mol. The lowest BCUT2D eigenvalue weighted by molar-refractivity contribution is -0.126. The maximum absolute atomic E-state index is 12.4. The van der Waals surface area contributed by atoms with E-state index in [4.69, 9.17) is 5.73 Å². The number of piperidine rings is 1. The first kappa shape index (κ1) is 23.6. The first-order valence-electron chi connectivity index (χ1n) is 9.27. The topological polar surface area (TPSA) is 71.2 Å². The highest BCUT2D eigenvalue weighted by Crippen LogP contribution is 2.31. The van der Waals surface area contributed by atoms with Crippen LogP contribution in [0.3, 0.4) is 0 Å². The van der Waals surface area contributed by atoms with Crippen LogP contribution in [0.1, 0.15) is 42.8 Å². The molecule has 2 aliphatic rings. The number of nitrogens with two attached hydrogens (primary N) is 1. The molecule has 1 amide bonds. The summed E-state index contributed by atoms with van der Waals surface area (Å²) in [7, 11) is 0. The van der Waals surface area contributed by atoms with Crippen LogP contribution in [-0.4, -0.2) is 42.0 Å². The zero-order chi connectivity index (χ0) is 16.9. The first-order valence-corrected chi connectivity index (χ1v) is 10.1. The molecule has 3 N–H and O–H groups in total. The third-order valence-corrected chi connectivity index (χ3v) is 6.45. The Kier molecular flexibility index (Phi) is 10.4. The van der Waals surface area contributed by atoms with Crippen LogP contribution in [0.25, 0.3) is 0 Å². The van der Waals surface area contributed by atoms with Gasteiger partial charge in [0.1, 0.15) is 0 Å². The van der Waals surface area contributed by atoms with Crippen molar-refractivity contribution in [2.24, 2.45) is 23.5 Å². The number of carbonyl (C=O) groups excluding carboxylic acids is 1. The molecule has 1 aromatic heterocycles. The molecule has 2 heterocycles. The van der Waals surface area contributed by atoms with Crippen LogP contribution < -0.4 is 11.1 Å². The number of hydrogen-bond acceptors (Lipinski definition) is 5. The molecule has 0 aromatic carbocycles. The van der Waals surface area contributed by atoms with Gasteiger partial charge in [-0.3, -0.25) is 9.69 Å². The van der Waals surface area contributed by atoms with Gasteiger partial charge in [0.05, 0.1) is 10.7 Å². The lowest BCUT2D eigenvalue weighted by Gasteiger charge is -2.31. The molecule has 1 saturated carbocycles. The Morgan fingerprint density at radius 2 is 2.04 bits per heavy atom. The summed E-state index contributed by atoms with van der Waals surface area (Å²) in [5.74, 6) is 1.40. The predicted octanol–water partition coefficient (Wildman–Crippen LogP) is 3.00. The summed E-state index contributed by atoms with van der Waals surface area (Å²) in [4.78, 5) is 19.4. The highest BCUT2D eigenvalue weighted by Gasteiger charge is 2.32. The first-order chi connectivity index (χ1) is 11.7. The second-order valence-corrected chi connectivity index (χ2v) is 8.42. The molecular formula is C18H32Cl2N4OS. The van der Waals surface area contributed by atoms with Crippen LogP contribution in [0, 0.1) is 24.7 Å². The summed E-state index contributed by atoms with van der Waals surface area (Å²) in [6.07, 6.45) is 5.60. The predicted molar refractivity (Wildman–Crippen MR) is 112 cm³/mol. The van der Waals surface area contributed by atoms with E-state index < -0.39 is 0 Å². The minimum atomic E-state index is 0. The van der Waals surface area contributed by atoms with E-state index in [1.165, 1.54) is 5.69 Å². The van der Waals surface area contributed by atoms with Crippen LogP contribution in [0.2, 0.25) is 0 Å². The average molecular weight is 423 g/mol. The quantitative estimate of drug-likeness (QED) is 0.738. The average Bonchev–Trinajstić information content (AvgIpc) is 3.22. The summed E-state index contributed by atoms with van der Waals surface area (Å²) in [5, 5.41) is 6.51. The zero-order valence-electron chi connectivity index (χ0n) is 15.5. The Bertz CT molecular complexity index is 549. The molecule has 0 radical (unpaired) electrons. The van der Waals surface area contributed by atoms with Crippen LogP contribution >= 0.6 is 36.2 Å². The van der Waals surface area contributed by atoms with E-state index >= 15 is 0 Å². The van der Waals surface area contributed by atoms with Gasteiger partial charge in [0, 0.05) is 24.4 Å². The Hall–Kier alpha value is -0.400. The van der Waals surface area contributed by atoms with E-state index in [-0.39, 0.29) is 36.6 Å². The van der Waals surface area contributed by atoms with Crippen molar-refractivity contribution in [3.8, 4) is 0 Å². The number of likely N-dealkylation sites (tertiary alicyclic amines) is 1. The van der Waals surface area contributed by atoms with Gasteiger partial charge in [0.2, 0.25) is 5.91 Å². The maximum Gasteiger partial charge on any atom is 0.223 e. The summed E-state index contributed by atoms with van der Waals surface area (Å²) in [6.45, 7) is 6.70. The smallest absolute Gasteiger partial charge is 0.223 e. The van der Waals surface area contributed by atoms with E-state index in [0.29, 0.717) is 18.4 Å². The van der Waals surface area contributed by atoms with E-state index in [1.807, 2.05) is 0 Å². The van der Waals surface area contributed by atoms with E-state index in [0.717, 1.165) is 63.3 Å². The minimum Gasteiger partial charge on any atom is -0.356 e. The Labute approximate surface area is 173 Å². The lowest BCUT2D eigenvalue weighted by Crippen LogP contribution is -2.41. The van der Waals surface area contributed by atoms with Crippen molar-refractivity contribution >= 4 is 42.1 Å². The maximum atomic E-state index is 12.4. The SMILES string of the molecule is Cc1nc(CN2CCC(CNC(=O)[C@@H]3CCC[C@@H]3CN)CC2)cs1.Cl.Cl. The van der Waals surface area contributed by atoms with Crippen molar-refractivity contribution in [3.05, 3.63) is 16.1 Å². The van der Waals surface area contributed by atoms with Crippen LogP contribution in [0.5, 0.6) is 0 Å². The molecule has 2 atom stereocenters. The fourth-order valence-corrected chi connectivity index (χ4v) is 4.70. The van der Waals surface area contributed by atoms with Gasteiger partial charge >= 0.3 is 0 Å². The van der Waals surface area contributed by atoms with E-state index in [2.05, 4.69) is 27.5 Å². The standard InChI is InChI=1S/C18H30N4OS.2ClH/c1-13-21-16(12-24-13)11-22-7-5-14(6-8-22)10-20-18(23)17-4-2-3-15(17)9-19;;/h12,14-15,17H,2-11,19H2,1H3,(H,20,23);2*1H/t15-,17-;;/m1../s1. The normalized spacial score (nSPS) is 23.9. The lowest BCUT2D eigenvalue weighted by atomic mass is 9.93. The number of nitrogens with zero attached hydrogens (tertiary/aromatic N) is 2. The molecule has 150 valence electrons. The molecule has 26 heavy (non-hydrogen) atoms. The van der Waals surface area contributed by atoms with Crippen LogP contribution in [0.15, 0.2) is 5.38 Å². The molecule has 0 unspecified atom stereocenters. The van der Waals surface area contributed by atoms with Gasteiger partial charge in [-0.25, -0.2) is 4.98 Å². The fraction of sp³-hybridized carbons (Fsp3) is 0.778. The molecule has 0 bridgehead atoms. The molecule has 1 aromatic rings. The summed E-state index contributed by atoms with van der Waals surface area (Å²) in [5.41, 5.74) is 6.98. The van der Waals surface area contributed by atoms with E-state index in [1.54, 1.807) is 11.3 Å². The summed E-state index contributed by atoms with van der Waals surface area (Å²) < 4.78 is 0. The number of rotatable bonds is 6. The number of amides is 1. The third kappa shape index (κ3) is 6.34. The third-order valence-electron chi connectivity index (χ3n) is 5.62. The molecule has 3 rings (SSSR count). The number of thiazole rings is 1. The highest BCUT2D eigenvalue weighted by atomic mass is 35.5. The zero-order valence-corrected chi connectivity index (χ0v) is 17.9. The number of carbonyl (C=O) groups is 1. The number of nitrogens with one attached hydrogen (secondary N) is 1. The fourth-order valence-electron chi connectivity index (χ4n) is 4.10. The number of halogens is 2. The Balaban J connectivity index is 0.00000169. The van der Waals surface area contributed by atoms with Gasteiger partial charge in [0.25, 0.3) is 0 Å². The van der Waals surface area contributed by atoms with Gasteiger partial charge in [0.15, 0.2) is 0 Å². The van der Waals surface area contributed by atoms with Gasteiger partial charge in [-0.2, -0.15) is 0 Å². The van der Waals surface area contributed by atoms with Crippen molar-refractivity contribution in [2.75, 3.05) is 26.2 Å². The van der Waals surface area contributed by atoms with E-state index in [9.17, 15) is 4.79 Å². The largest absolute Gasteiger partial charge is 0.356 e. The van der Waals surface area contributed by atoms with Gasteiger partial charge in [-0.15, -0.1) is 36.2 Å². The van der Waals surface area contributed by atoms with Crippen molar-refractivity contribution in [1.82, 2.24) is 15.2 Å².